The Morgan fingerprint density at radius 3 is 2.69 bits per heavy atom. The van der Waals surface area contributed by atoms with Gasteiger partial charge in [-0.2, -0.15) is 0 Å². The number of fused-ring (bicyclic) bond motifs is 1. The van der Waals surface area contributed by atoms with E-state index in [1.165, 1.54) is 23.6 Å². The zero-order chi connectivity index (χ0) is 18.5. The normalized spacial score (nSPS) is 13.4. The predicted molar refractivity (Wildman–Crippen MR) is 107 cm³/mol. The van der Waals surface area contributed by atoms with Gasteiger partial charge < -0.3 is 16.4 Å². The molecule has 0 fully saturated rings. The molecule has 0 aromatic heterocycles. The van der Waals surface area contributed by atoms with Gasteiger partial charge in [-0.25, -0.2) is 0 Å². The van der Waals surface area contributed by atoms with Crippen LogP contribution in [0, 0.1) is 0 Å². The number of nitrogens with one attached hydrogen (secondary N) is 2. The van der Waals surface area contributed by atoms with Crippen molar-refractivity contribution in [2.24, 2.45) is 10.7 Å². The number of halogens is 2. The number of amides is 1. The molecule has 7 heteroatoms. The van der Waals surface area contributed by atoms with Crippen LogP contribution in [0.3, 0.4) is 0 Å². The van der Waals surface area contributed by atoms with Crippen molar-refractivity contribution < 1.29 is 4.79 Å². The maximum Gasteiger partial charge on any atom is 0.251 e. The summed E-state index contributed by atoms with van der Waals surface area (Å²) in [5.74, 6) is 0.0932. The van der Waals surface area contributed by atoms with Gasteiger partial charge in [0.2, 0.25) is 0 Å². The number of benzene rings is 2. The Morgan fingerprint density at radius 2 is 1.88 bits per heavy atom. The summed E-state index contributed by atoms with van der Waals surface area (Å²) in [7, 11) is 0. The SMILES string of the molecule is NC(=NCCNC(=O)c1ccc(Cl)c(Cl)c1)Nc1ccc2c(c1)CCC2. The van der Waals surface area contributed by atoms with Gasteiger partial charge in [-0.3, -0.25) is 9.79 Å². The van der Waals surface area contributed by atoms with E-state index in [9.17, 15) is 4.79 Å². The first-order chi connectivity index (χ1) is 12.5. The van der Waals surface area contributed by atoms with Crippen molar-refractivity contribution >= 4 is 40.8 Å². The van der Waals surface area contributed by atoms with Gasteiger partial charge in [-0.15, -0.1) is 0 Å². The topological polar surface area (TPSA) is 79.5 Å². The summed E-state index contributed by atoms with van der Waals surface area (Å²) in [5.41, 5.74) is 10.1. The lowest BCUT2D eigenvalue weighted by Gasteiger charge is -2.08. The van der Waals surface area contributed by atoms with E-state index in [4.69, 9.17) is 28.9 Å². The average molecular weight is 391 g/mol. The number of carbonyl (C=O) groups excluding carboxylic acids is 1. The molecule has 0 spiro atoms. The predicted octanol–water partition coefficient (Wildman–Crippen LogP) is 3.64. The average Bonchev–Trinajstić information content (AvgIpc) is 3.08. The molecule has 4 N–H and O–H groups in total. The zero-order valence-corrected chi connectivity index (χ0v) is 15.7. The highest BCUT2D eigenvalue weighted by atomic mass is 35.5. The number of anilines is 1. The van der Waals surface area contributed by atoms with Crippen molar-refractivity contribution in [2.75, 3.05) is 18.4 Å². The van der Waals surface area contributed by atoms with Gasteiger partial charge in [0, 0.05) is 17.8 Å². The summed E-state index contributed by atoms with van der Waals surface area (Å²) in [6.45, 7) is 0.739. The summed E-state index contributed by atoms with van der Waals surface area (Å²) in [6.07, 6.45) is 3.47. The van der Waals surface area contributed by atoms with E-state index in [1.54, 1.807) is 12.1 Å². The van der Waals surface area contributed by atoms with E-state index in [1.807, 2.05) is 6.07 Å². The Hall–Kier alpha value is -2.24. The van der Waals surface area contributed by atoms with Gasteiger partial charge in [-0.05, 0) is 60.7 Å². The van der Waals surface area contributed by atoms with Crippen LogP contribution in [0.2, 0.25) is 10.0 Å². The van der Waals surface area contributed by atoms with Crippen molar-refractivity contribution in [2.45, 2.75) is 19.3 Å². The molecule has 1 amide bonds. The van der Waals surface area contributed by atoms with Crippen LogP contribution in [0.25, 0.3) is 0 Å². The number of guanidine groups is 1. The molecule has 136 valence electrons. The Labute approximate surface area is 162 Å². The number of carbonyl (C=O) groups is 1. The van der Waals surface area contributed by atoms with Crippen molar-refractivity contribution in [3.8, 4) is 0 Å². The first-order valence-electron chi connectivity index (χ1n) is 8.45. The van der Waals surface area contributed by atoms with E-state index in [2.05, 4.69) is 27.8 Å². The van der Waals surface area contributed by atoms with Crippen molar-refractivity contribution in [3.63, 3.8) is 0 Å². The number of rotatable bonds is 5. The molecular formula is C19H20Cl2N4O. The Bertz CT molecular complexity index is 851. The molecule has 0 atom stereocenters. The molecule has 26 heavy (non-hydrogen) atoms. The molecule has 0 saturated carbocycles. The van der Waals surface area contributed by atoms with Gasteiger partial charge >= 0.3 is 0 Å². The van der Waals surface area contributed by atoms with Crippen LogP contribution >= 0.6 is 23.2 Å². The standard InChI is InChI=1S/C19H20Cl2N4O/c20-16-7-5-14(11-17(16)21)18(26)23-8-9-24-19(22)25-15-6-4-12-2-1-3-13(12)10-15/h4-7,10-11H,1-3,8-9H2,(H,23,26)(H3,22,24,25). The second-order valence-corrected chi connectivity index (χ2v) is 6.93. The highest BCUT2D eigenvalue weighted by molar-refractivity contribution is 6.42. The number of aryl methyl sites for hydroxylation is 2. The lowest BCUT2D eigenvalue weighted by atomic mass is 10.1. The Kier molecular flexibility index (Phi) is 6.01. The number of nitrogens with two attached hydrogens (primary N) is 1. The fourth-order valence-electron chi connectivity index (χ4n) is 2.92. The van der Waals surface area contributed by atoms with E-state index < -0.39 is 0 Å². The summed E-state index contributed by atoms with van der Waals surface area (Å²) in [4.78, 5) is 16.3. The Morgan fingerprint density at radius 1 is 1.08 bits per heavy atom. The van der Waals surface area contributed by atoms with E-state index in [0.717, 1.165) is 18.5 Å². The Balaban J connectivity index is 1.47. The third-order valence-electron chi connectivity index (χ3n) is 4.23. The molecule has 0 aliphatic heterocycles. The van der Waals surface area contributed by atoms with Crippen LogP contribution in [-0.2, 0) is 12.8 Å². The maximum absolute atomic E-state index is 12.0. The highest BCUT2D eigenvalue weighted by Crippen LogP contribution is 2.25. The van der Waals surface area contributed by atoms with Crippen LogP contribution in [0.15, 0.2) is 41.4 Å². The minimum atomic E-state index is -0.232. The molecule has 2 aromatic carbocycles. The molecule has 5 nitrogen and oxygen atoms in total. The van der Waals surface area contributed by atoms with Crippen molar-refractivity contribution in [1.82, 2.24) is 5.32 Å². The highest BCUT2D eigenvalue weighted by Gasteiger charge is 2.11. The quantitative estimate of drug-likeness (QED) is 0.414. The molecule has 2 aromatic rings. The zero-order valence-electron chi connectivity index (χ0n) is 14.2. The van der Waals surface area contributed by atoms with E-state index >= 15 is 0 Å². The van der Waals surface area contributed by atoms with Gasteiger partial charge in [0.15, 0.2) is 5.96 Å². The van der Waals surface area contributed by atoms with Crippen LogP contribution in [-0.4, -0.2) is 25.0 Å². The molecule has 0 saturated heterocycles. The number of hydrogen-bond acceptors (Lipinski definition) is 2. The van der Waals surface area contributed by atoms with Crippen molar-refractivity contribution in [1.29, 1.82) is 0 Å². The fourth-order valence-corrected chi connectivity index (χ4v) is 3.22. The smallest absolute Gasteiger partial charge is 0.251 e. The van der Waals surface area contributed by atoms with Crippen molar-refractivity contribution in [3.05, 3.63) is 63.1 Å². The summed E-state index contributed by atoms with van der Waals surface area (Å²) >= 11 is 11.8. The molecular weight excluding hydrogens is 371 g/mol. The van der Waals surface area contributed by atoms with Crippen LogP contribution < -0.4 is 16.4 Å². The van der Waals surface area contributed by atoms with E-state index in [-0.39, 0.29) is 5.91 Å². The van der Waals surface area contributed by atoms with Crippen LogP contribution in [0.1, 0.15) is 27.9 Å². The van der Waals surface area contributed by atoms with Crippen LogP contribution in [0.4, 0.5) is 5.69 Å². The molecule has 1 aliphatic carbocycles. The molecule has 0 radical (unpaired) electrons. The van der Waals surface area contributed by atoms with E-state index in [0.29, 0.717) is 34.7 Å². The number of nitrogens with zero attached hydrogens (tertiary/aromatic N) is 1. The minimum Gasteiger partial charge on any atom is -0.370 e. The first-order valence-corrected chi connectivity index (χ1v) is 9.20. The van der Waals surface area contributed by atoms with Gasteiger partial charge in [0.25, 0.3) is 5.91 Å². The molecule has 1 aliphatic rings. The van der Waals surface area contributed by atoms with Crippen LogP contribution in [0.5, 0.6) is 0 Å². The summed E-state index contributed by atoms with van der Waals surface area (Å²) in [6, 6.07) is 11.0. The maximum atomic E-state index is 12.0. The minimum absolute atomic E-state index is 0.232. The van der Waals surface area contributed by atoms with Gasteiger partial charge in [0.05, 0.1) is 16.6 Å². The molecule has 3 rings (SSSR count). The number of hydrogen-bond donors (Lipinski definition) is 3. The molecule has 0 unspecified atom stereocenters. The lowest BCUT2D eigenvalue weighted by molar-refractivity contribution is 0.0955. The third kappa shape index (κ3) is 4.68. The fraction of sp³-hybridized carbons (Fsp3) is 0.263. The summed E-state index contributed by atoms with van der Waals surface area (Å²) in [5, 5.41) is 6.62. The van der Waals surface area contributed by atoms with Gasteiger partial charge in [-0.1, -0.05) is 29.3 Å². The van der Waals surface area contributed by atoms with Gasteiger partial charge in [0.1, 0.15) is 0 Å². The lowest BCUT2D eigenvalue weighted by Crippen LogP contribution is -2.28. The monoisotopic (exact) mass is 390 g/mol. The second-order valence-electron chi connectivity index (χ2n) is 6.11. The third-order valence-corrected chi connectivity index (χ3v) is 4.97. The first kappa shape index (κ1) is 18.5. The molecule has 0 heterocycles. The second kappa shape index (κ2) is 8.43. The largest absolute Gasteiger partial charge is 0.370 e. The number of aliphatic imine (C=N–C) groups is 1. The molecule has 0 bridgehead atoms. The summed E-state index contributed by atoms with van der Waals surface area (Å²) < 4.78 is 0.